The van der Waals surface area contributed by atoms with Crippen molar-refractivity contribution >= 4 is 40.5 Å². The summed E-state index contributed by atoms with van der Waals surface area (Å²) >= 11 is 0. The zero-order valence-corrected chi connectivity index (χ0v) is 20.3. The van der Waals surface area contributed by atoms with Crippen molar-refractivity contribution in [3.8, 4) is 0 Å². The Morgan fingerprint density at radius 2 is 1.75 bits per heavy atom. The Morgan fingerprint density at radius 3 is 2.39 bits per heavy atom. The lowest BCUT2D eigenvalue weighted by Crippen LogP contribution is -2.22. The zero-order valence-electron chi connectivity index (χ0n) is 20.3. The van der Waals surface area contributed by atoms with Crippen LogP contribution < -0.4 is 15.5 Å². The molecule has 0 bridgehead atoms. The van der Waals surface area contributed by atoms with E-state index in [2.05, 4.69) is 10.6 Å². The van der Waals surface area contributed by atoms with Gasteiger partial charge in [0.1, 0.15) is 11.7 Å². The molecule has 7 nitrogen and oxygen atoms in total. The molecule has 1 aliphatic rings. The number of hydrogen-bond donors (Lipinski definition) is 2. The Labute approximate surface area is 209 Å². The third-order valence-corrected chi connectivity index (χ3v) is 6.25. The van der Waals surface area contributed by atoms with E-state index < -0.39 is 11.7 Å². The van der Waals surface area contributed by atoms with E-state index in [0.29, 0.717) is 35.5 Å². The fraction of sp³-hybridized carbons (Fsp3) is 0.214. The van der Waals surface area contributed by atoms with Crippen LogP contribution >= 0.6 is 0 Å². The lowest BCUT2D eigenvalue weighted by Gasteiger charge is -2.16. The summed E-state index contributed by atoms with van der Waals surface area (Å²) in [7, 11) is 3.30. The molecule has 0 radical (unpaired) electrons. The first-order valence-corrected chi connectivity index (χ1v) is 11.6. The minimum absolute atomic E-state index is 0.0355. The number of aliphatic imine (C=N–C) groups is 1. The van der Waals surface area contributed by atoms with E-state index in [1.165, 1.54) is 24.0 Å². The van der Waals surface area contributed by atoms with Gasteiger partial charge in [-0.25, -0.2) is 4.39 Å². The van der Waals surface area contributed by atoms with Gasteiger partial charge in [-0.3, -0.25) is 19.4 Å². The second-order valence-corrected chi connectivity index (χ2v) is 8.62. The predicted octanol–water partition coefficient (Wildman–Crippen LogP) is 4.34. The maximum atomic E-state index is 13.8. The van der Waals surface area contributed by atoms with Gasteiger partial charge in [-0.15, -0.1) is 0 Å². The molecule has 0 aliphatic carbocycles. The standard InChI is InChI=1S/C28H27FN4O3/c1-17(34)33(3)22-12-10-21(11-13-22)31-27(19-7-4-18(5-8-19)6-15-25(35)30-2)26-23-14-9-20(29)16-24(23)32-28(26)36/h4-5,7-14,16,26H,6,15H2,1-3H3,(H,30,35)(H,32,36). The number of carbonyl (C=O) groups is 3. The van der Waals surface area contributed by atoms with Crippen LogP contribution in [0.5, 0.6) is 0 Å². The molecule has 3 aromatic rings. The number of anilines is 2. The molecule has 184 valence electrons. The molecule has 8 heteroatoms. The first kappa shape index (κ1) is 24.8. The molecule has 0 spiro atoms. The van der Waals surface area contributed by atoms with E-state index in [1.807, 2.05) is 24.3 Å². The quantitative estimate of drug-likeness (QED) is 0.487. The molecule has 0 aromatic heterocycles. The van der Waals surface area contributed by atoms with E-state index in [1.54, 1.807) is 44.4 Å². The minimum Gasteiger partial charge on any atom is -0.359 e. The predicted molar refractivity (Wildman–Crippen MR) is 138 cm³/mol. The van der Waals surface area contributed by atoms with Gasteiger partial charge in [-0.2, -0.15) is 0 Å². The third-order valence-electron chi connectivity index (χ3n) is 6.25. The van der Waals surface area contributed by atoms with Crippen molar-refractivity contribution in [3.63, 3.8) is 0 Å². The second kappa shape index (κ2) is 10.5. The number of amides is 3. The van der Waals surface area contributed by atoms with Gasteiger partial charge in [0.05, 0.1) is 11.4 Å². The van der Waals surface area contributed by atoms with Crippen molar-refractivity contribution in [2.24, 2.45) is 4.99 Å². The molecule has 4 rings (SSSR count). The highest BCUT2D eigenvalue weighted by atomic mass is 19.1. The Hall–Kier alpha value is -4.33. The van der Waals surface area contributed by atoms with E-state index in [4.69, 9.17) is 4.99 Å². The second-order valence-electron chi connectivity index (χ2n) is 8.62. The van der Waals surface area contributed by atoms with Crippen molar-refractivity contribution in [1.82, 2.24) is 5.32 Å². The minimum atomic E-state index is -0.725. The highest BCUT2D eigenvalue weighted by Gasteiger charge is 2.35. The highest BCUT2D eigenvalue weighted by Crippen LogP contribution is 2.37. The summed E-state index contributed by atoms with van der Waals surface area (Å²) in [5.74, 6) is -1.57. The number of hydrogen-bond acceptors (Lipinski definition) is 4. The van der Waals surface area contributed by atoms with E-state index >= 15 is 0 Å². The molecule has 0 saturated carbocycles. The lowest BCUT2D eigenvalue weighted by atomic mass is 9.90. The first-order valence-electron chi connectivity index (χ1n) is 11.6. The molecule has 36 heavy (non-hydrogen) atoms. The van der Waals surface area contributed by atoms with Crippen molar-refractivity contribution in [2.75, 3.05) is 24.3 Å². The summed E-state index contributed by atoms with van der Waals surface area (Å²) in [6.07, 6.45) is 0.964. The summed E-state index contributed by atoms with van der Waals surface area (Å²) in [4.78, 5) is 42.7. The van der Waals surface area contributed by atoms with Crippen LogP contribution in [0.25, 0.3) is 0 Å². The van der Waals surface area contributed by atoms with Gasteiger partial charge in [-0.1, -0.05) is 30.3 Å². The van der Waals surface area contributed by atoms with Crippen LogP contribution in [0.4, 0.5) is 21.5 Å². The lowest BCUT2D eigenvalue weighted by molar-refractivity contribution is -0.120. The normalized spacial score (nSPS) is 14.7. The third kappa shape index (κ3) is 5.33. The molecule has 1 atom stereocenters. The zero-order chi connectivity index (χ0) is 25.8. The van der Waals surface area contributed by atoms with E-state index in [9.17, 15) is 18.8 Å². The fourth-order valence-corrected chi connectivity index (χ4v) is 4.10. The summed E-state index contributed by atoms with van der Waals surface area (Å²) in [5, 5.41) is 5.38. The van der Waals surface area contributed by atoms with Crippen LogP contribution in [0.2, 0.25) is 0 Å². The fourth-order valence-electron chi connectivity index (χ4n) is 4.10. The van der Waals surface area contributed by atoms with Crippen LogP contribution in [0.1, 0.15) is 36.0 Å². The van der Waals surface area contributed by atoms with Gasteiger partial charge in [0.25, 0.3) is 0 Å². The molecule has 3 aromatic carbocycles. The maximum Gasteiger partial charge on any atom is 0.238 e. The van der Waals surface area contributed by atoms with Crippen LogP contribution in [-0.4, -0.2) is 37.5 Å². The van der Waals surface area contributed by atoms with Gasteiger partial charge in [0.2, 0.25) is 17.7 Å². The summed E-state index contributed by atoms with van der Waals surface area (Å²) in [6.45, 7) is 1.49. The molecule has 0 fully saturated rings. The van der Waals surface area contributed by atoms with Gasteiger partial charge < -0.3 is 15.5 Å². The Morgan fingerprint density at radius 1 is 1.06 bits per heavy atom. The number of rotatable bonds is 7. The average molecular weight is 487 g/mol. The number of benzene rings is 3. The first-order chi connectivity index (χ1) is 17.3. The van der Waals surface area contributed by atoms with Gasteiger partial charge in [-0.05, 0) is 59.5 Å². The smallest absolute Gasteiger partial charge is 0.238 e. The molecule has 0 saturated heterocycles. The highest BCUT2D eigenvalue weighted by molar-refractivity contribution is 6.24. The topological polar surface area (TPSA) is 90.9 Å². The maximum absolute atomic E-state index is 13.8. The number of nitrogens with zero attached hydrogens (tertiary/aromatic N) is 2. The van der Waals surface area contributed by atoms with Crippen LogP contribution in [0, 0.1) is 5.82 Å². The van der Waals surface area contributed by atoms with E-state index in [0.717, 1.165) is 16.8 Å². The summed E-state index contributed by atoms with van der Waals surface area (Å²) < 4.78 is 13.8. The number of fused-ring (bicyclic) bond motifs is 1. The summed E-state index contributed by atoms with van der Waals surface area (Å²) in [6, 6.07) is 19.0. The van der Waals surface area contributed by atoms with Crippen LogP contribution in [0.3, 0.4) is 0 Å². The van der Waals surface area contributed by atoms with Crippen LogP contribution in [-0.2, 0) is 20.8 Å². The largest absolute Gasteiger partial charge is 0.359 e. The Balaban J connectivity index is 1.73. The molecular formula is C28H27FN4O3. The van der Waals surface area contributed by atoms with Gasteiger partial charge in [0.15, 0.2) is 0 Å². The number of aryl methyl sites for hydroxylation is 1. The SMILES string of the molecule is CNC(=O)CCc1ccc(C(=Nc2ccc(N(C)C(C)=O)cc2)C2C(=O)Nc3cc(F)ccc32)cc1. The molecule has 3 amide bonds. The molecule has 2 N–H and O–H groups in total. The van der Waals surface area contributed by atoms with Crippen LogP contribution in [0.15, 0.2) is 71.7 Å². The molecular weight excluding hydrogens is 459 g/mol. The monoisotopic (exact) mass is 486 g/mol. The number of carbonyl (C=O) groups excluding carboxylic acids is 3. The van der Waals surface area contributed by atoms with Crippen molar-refractivity contribution in [3.05, 3.63) is 89.2 Å². The number of halogens is 1. The number of nitrogens with one attached hydrogen (secondary N) is 2. The molecule has 1 heterocycles. The van der Waals surface area contributed by atoms with Crippen molar-refractivity contribution in [1.29, 1.82) is 0 Å². The van der Waals surface area contributed by atoms with E-state index in [-0.39, 0.29) is 17.7 Å². The van der Waals surface area contributed by atoms with Gasteiger partial charge >= 0.3 is 0 Å². The summed E-state index contributed by atoms with van der Waals surface area (Å²) in [5.41, 5.74) is 4.65. The van der Waals surface area contributed by atoms with Gasteiger partial charge in [0, 0.05) is 38.8 Å². The van der Waals surface area contributed by atoms with Crippen molar-refractivity contribution in [2.45, 2.75) is 25.7 Å². The molecule has 1 aliphatic heterocycles. The van der Waals surface area contributed by atoms with Crippen molar-refractivity contribution < 1.29 is 18.8 Å². The Kier molecular flexibility index (Phi) is 7.24. The Bertz CT molecular complexity index is 1330. The average Bonchev–Trinajstić information content (AvgIpc) is 3.20. The molecule has 1 unspecified atom stereocenters.